The number of pyridine rings is 2. The molecule has 6 aromatic rings. The molecule has 23 nitrogen and oxygen atoms in total. The molecule has 1 unspecified atom stereocenters. The Balaban J connectivity index is 0.000000124. The highest BCUT2D eigenvalue weighted by atomic mass is 35.5. The van der Waals surface area contributed by atoms with Gasteiger partial charge in [0.15, 0.2) is 9.84 Å². The number of hydrogen-bond acceptors (Lipinski definition) is 21. The van der Waals surface area contributed by atoms with Crippen molar-refractivity contribution in [2.75, 3.05) is 100 Å². The molecule has 474 valence electrons. The van der Waals surface area contributed by atoms with E-state index >= 15 is 0 Å². The lowest BCUT2D eigenvalue weighted by atomic mass is 9.88. The zero-order valence-electron chi connectivity index (χ0n) is 51.5. The Morgan fingerprint density at radius 2 is 1.07 bits per heavy atom. The lowest BCUT2D eigenvalue weighted by Gasteiger charge is -2.39. The number of sulfone groups is 1. The van der Waals surface area contributed by atoms with Crippen molar-refractivity contribution in [2.45, 2.75) is 123 Å². The summed E-state index contributed by atoms with van der Waals surface area (Å²) in [6.45, 7) is 14.7. The van der Waals surface area contributed by atoms with E-state index in [2.05, 4.69) is 133 Å². The summed E-state index contributed by atoms with van der Waals surface area (Å²) in [6, 6.07) is 4.88. The van der Waals surface area contributed by atoms with Crippen LogP contribution in [0.2, 0.25) is 5.15 Å². The fourth-order valence-corrected chi connectivity index (χ4v) is 17.6. The van der Waals surface area contributed by atoms with Crippen LogP contribution in [-0.4, -0.2) is 178 Å². The van der Waals surface area contributed by atoms with E-state index < -0.39 is 29.9 Å². The van der Waals surface area contributed by atoms with Gasteiger partial charge < -0.3 is 24.5 Å². The van der Waals surface area contributed by atoms with E-state index in [1.807, 2.05) is 12.3 Å². The number of fused-ring (bicyclic) bond motifs is 6. The summed E-state index contributed by atoms with van der Waals surface area (Å²) in [7, 11) is -9.29. The van der Waals surface area contributed by atoms with Crippen LogP contribution in [0.3, 0.4) is 0 Å². The fraction of sp³-hybridized carbons (Fsp3) is 0.492. The van der Waals surface area contributed by atoms with Crippen LogP contribution in [0.5, 0.6) is 0 Å². The van der Waals surface area contributed by atoms with E-state index in [9.17, 15) is 25.3 Å². The molecule has 3 fully saturated rings. The number of piperazine rings is 1. The van der Waals surface area contributed by atoms with Crippen molar-refractivity contribution in [3.63, 3.8) is 0 Å². The molecule has 12 heterocycles. The number of rotatable bonds is 9. The summed E-state index contributed by atoms with van der Waals surface area (Å²) in [5.74, 6) is 3.33. The zero-order valence-corrected chi connectivity index (χ0v) is 54.7. The van der Waals surface area contributed by atoms with Crippen molar-refractivity contribution in [2.24, 2.45) is 0 Å². The Labute approximate surface area is 532 Å². The third kappa shape index (κ3) is 12.4. The lowest BCUT2D eigenvalue weighted by Crippen LogP contribution is -2.49. The number of anilines is 5. The van der Waals surface area contributed by atoms with Crippen molar-refractivity contribution in [1.82, 2.24) is 58.5 Å². The van der Waals surface area contributed by atoms with Crippen LogP contribution < -0.4 is 24.5 Å². The highest BCUT2D eigenvalue weighted by Crippen LogP contribution is 2.41. The summed E-state index contributed by atoms with van der Waals surface area (Å²) < 4.78 is 75.5. The molecular weight excluding hydrogens is 1220 g/mol. The van der Waals surface area contributed by atoms with E-state index in [-0.39, 0.29) is 35.3 Å². The molecule has 0 aromatic carbocycles. The maximum absolute atomic E-state index is 12.5. The van der Waals surface area contributed by atoms with Gasteiger partial charge in [-0.15, -0.1) is 0 Å². The number of halogens is 1. The minimum Gasteiger partial charge on any atom is -0.363 e. The average molecular weight is 1300 g/mol. The Morgan fingerprint density at radius 3 is 1.70 bits per heavy atom. The van der Waals surface area contributed by atoms with E-state index in [4.69, 9.17) is 16.6 Å². The van der Waals surface area contributed by atoms with Crippen molar-refractivity contribution in [1.29, 1.82) is 0 Å². The Morgan fingerprint density at radius 1 is 0.556 bits per heavy atom. The van der Waals surface area contributed by atoms with Crippen LogP contribution in [0, 0.1) is 0 Å². The molecule has 0 amide bonds. The van der Waals surface area contributed by atoms with Gasteiger partial charge in [-0.2, -0.15) is 4.31 Å². The number of allylic oxidation sites excluding steroid dienone is 3. The molecule has 0 radical (unpaired) electrons. The van der Waals surface area contributed by atoms with Gasteiger partial charge >= 0.3 is 0 Å². The molecule has 0 spiro atoms. The molecular formula is C63H76ClN17O6S3. The van der Waals surface area contributed by atoms with Gasteiger partial charge in [0.05, 0.1) is 69.9 Å². The van der Waals surface area contributed by atoms with Gasteiger partial charge in [-0.05, 0) is 52.7 Å². The second kappa shape index (κ2) is 25.2. The fourth-order valence-electron chi connectivity index (χ4n) is 14.2. The standard InChI is InChI=1S/C23H29N5O2S.C20H22ClN5O2S.C20H25N7O2S/c1-3-31(29,30)27-11-5-6-17(13-27)23-19-14-28(16(2)12-21(19)25-15-26-23)22-9-10-24-20-8-4-7-18(20)22;1-13-9-17-15(20(23-12-22-17)25-5-7-29(27,28)8-6-25)11-26(13)18-10-19(21)24-16-4-2-3-14(16)18;1-14-10-18-16(11-27(14)20-15-4-3-5-17(15)21-12-24-20)19(23-13-22-18)25-6-8-26(9-7-25)30(2,28)29/h4,7,9-10,15-17H,3,5-6,8,11-14H2,1-2H3;2-3,10,12-13H,4-9,11H2,1H3;3-4,12-14H,5-11H2,1-2H3/t16-,17?;13-;14-/m111/s1. The maximum Gasteiger partial charge on any atom is 0.213 e. The average Bonchev–Trinajstić information content (AvgIpc) is 1.56. The Kier molecular flexibility index (Phi) is 17.3. The summed E-state index contributed by atoms with van der Waals surface area (Å²) in [5, 5.41) is 0.506. The van der Waals surface area contributed by atoms with Crippen molar-refractivity contribution < 1.29 is 25.3 Å². The first-order valence-corrected chi connectivity index (χ1v) is 36.9. The van der Waals surface area contributed by atoms with Crippen LogP contribution in [0.1, 0.15) is 120 Å². The minimum absolute atomic E-state index is 0.116. The maximum atomic E-state index is 12.5. The summed E-state index contributed by atoms with van der Waals surface area (Å²) in [5.41, 5.74) is 16.6. The molecule has 27 heteroatoms. The van der Waals surface area contributed by atoms with Gasteiger partial charge in [0, 0.05) is 179 Å². The van der Waals surface area contributed by atoms with E-state index in [0.29, 0.717) is 76.6 Å². The molecule has 4 atom stereocenters. The number of aromatic nitrogens is 10. The van der Waals surface area contributed by atoms with Crippen LogP contribution in [0.25, 0.3) is 18.2 Å². The van der Waals surface area contributed by atoms with Crippen LogP contribution in [-0.2, 0) is 88.0 Å². The van der Waals surface area contributed by atoms with Gasteiger partial charge in [-0.25, -0.2) is 74.4 Å². The topological polar surface area (TPSA) is 254 Å². The van der Waals surface area contributed by atoms with E-state index in [0.717, 1.165) is 143 Å². The Hall–Kier alpha value is -7.10. The highest BCUT2D eigenvalue weighted by Gasteiger charge is 2.38. The summed E-state index contributed by atoms with van der Waals surface area (Å²) >= 11 is 6.32. The van der Waals surface area contributed by atoms with Crippen molar-refractivity contribution in [3.8, 4) is 0 Å². The zero-order chi connectivity index (χ0) is 62.6. The van der Waals surface area contributed by atoms with Gasteiger partial charge in [-0.3, -0.25) is 4.98 Å². The second-order valence-corrected chi connectivity index (χ2v) is 31.7. The van der Waals surface area contributed by atoms with Gasteiger partial charge in [0.25, 0.3) is 0 Å². The summed E-state index contributed by atoms with van der Waals surface area (Å²) in [4.78, 5) is 57.0. The first kappa shape index (κ1) is 61.7. The molecule has 6 aliphatic heterocycles. The number of piperidine rings is 1. The highest BCUT2D eigenvalue weighted by molar-refractivity contribution is 7.91. The molecule has 3 saturated heterocycles. The lowest BCUT2D eigenvalue weighted by molar-refractivity contribution is 0.311. The van der Waals surface area contributed by atoms with Gasteiger partial charge in [-0.1, -0.05) is 48.1 Å². The molecule has 3 aliphatic carbocycles. The number of hydrogen-bond donors (Lipinski definition) is 0. The van der Waals surface area contributed by atoms with Crippen molar-refractivity contribution in [3.05, 3.63) is 140 Å². The first-order valence-electron chi connectivity index (χ1n) is 31.2. The van der Waals surface area contributed by atoms with Gasteiger partial charge in [0.1, 0.15) is 47.9 Å². The molecule has 6 aromatic heterocycles. The summed E-state index contributed by atoms with van der Waals surface area (Å²) in [6.07, 6.45) is 29.4. The van der Waals surface area contributed by atoms with Gasteiger partial charge in [0.2, 0.25) is 20.0 Å². The van der Waals surface area contributed by atoms with Crippen LogP contribution in [0.4, 0.5) is 28.8 Å². The molecule has 9 aliphatic rings. The largest absolute Gasteiger partial charge is 0.363 e. The second-order valence-electron chi connectivity index (χ2n) is 24.8. The SMILES string of the molecule is CCS(=O)(=O)N1CCCC(c2ncnc3c2CN(c2ccnc4c2C=CC4)[C@H](C)C3)C1.C[C@@H]1Cc2ncnc(N3CCN(S(C)(=O)=O)CC3)c2CN1c1ncnc2c1C=CC2.C[C@@H]1Cc2ncnc(N3CCS(=O)(=O)CC3)c2CN1c1cc(Cl)nc2c1C=CC2. The molecule has 0 bridgehead atoms. The van der Waals surface area contributed by atoms with E-state index in [1.54, 1.807) is 36.5 Å². The van der Waals surface area contributed by atoms with E-state index in [1.165, 1.54) is 27.4 Å². The van der Waals surface area contributed by atoms with Crippen LogP contribution >= 0.6 is 11.6 Å². The smallest absolute Gasteiger partial charge is 0.213 e. The normalized spacial score (nSPS) is 22.6. The quantitative estimate of drug-likeness (QED) is 0.149. The van der Waals surface area contributed by atoms with Crippen molar-refractivity contribution >= 4 is 88.5 Å². The monoisotopic (exact) mass is 1300 g/mol. The number of nitrogens with zero attached hydrogens (tertiary/aromatic N) is 17. The third-order valence-corrected chi connectivity index (χ3v) is 24.0. The molecule has 0 saturated carbocycles. The third-order valence-electron chi connectivity index (χ3n) is 19.1. The van der Waals surface area contributed by atoms with Crippen LogP contribution in [0.15, 0.2) is 61.9 Å². The molecule has 90 heavy (non-hydrogen) atoms. The molecule has 0 N–H and O–H groups in total. The minimum atomic E-state index is -3.19. The predicted molar refractivity (Wildman–Crippen MR) is 350 cm³/mol. The molecule has 15 rings (SSSR count). The predicted octanol–water partition coefficient (Wildman–Crippen LogP) is 6.07. The Bertz CT molecular complexity index is 4190. The first-order chi connectivity index (χ1) is 43.3. The number of sulfonamides is 2.